The molecule has 0 radical (unpaired) electrons. The molecule has 1 atom stereocenters. The molecule has 2 N–H and O–H groups in total. The number of halogens is 1. The van der Waals surface area contributed by atoms with Crippen LogP contribution in [0.1, 0.15) is 31.4 Å². The minimum absolute atomic E-state index is 0. The van der Waals surface area contributed by atoms with Crippen LogP contribution < -0.4 is 15.4 Å². The summed E-state index contributed by atoms with van der Waals surface area (Å²) in [5.41, 5.74) is 2.38. The fraction of sp³-hybridized carbons (Fsp3) is 0.533. The number of hydrogen-bond donors (Lipinski definition) is 2. The van der Waals surface area contributed by atoms with Crippen LogP contribution in [0, 0.1) is 6.92 Å². The topological polar surface area (TPSA) is 45.7 Å². The number of nitrogens with zero attached hydrogens (tertiary/aromatic N) is 1. The Kier molecular flexibility index (Phi) is 9.37. The molecule has 5 heteroatoms. The van der Waals surface area contributed by atoms with Crippen molar-refractivity contribution < 1.29 is 4.74 Å². The quantitative estimate of drug-likeness (QED) is 0.461. The third-order valence-corrected chi connectivity index (χ3v) is 3.03. The fourth-order valence-corrected chi connectivity index (χ4v) is 1.76. The van der Waals surface area contributed by atoms with Gasteiger partial charge in [0, 0.05) is 19.6 Å². The number of guanidine groups is 1. The largest absolute Gasteiger partial charge is 0.497 e. The second kappa shape index (κ2) is 9.85. The summed E-state index contributed by atoms with van der Waals surface area (Å²) in [6, 6.07) is 6.62. The lowest BCUT2D eigenvalue weighted by Gasteiger charge is -2.16. The lowest BCUT2D eigenvalue weighted by molar-refractivity contribution is 0.414. The Hall–Kier alpha value is -0.980. The molecule has 0 fully saturated rings. The van der Waals surface area contributed by atoms with Crippen LogP contribution in [0.2, 0.25) is 0 Å². The van der Waals surface area contributed by atoms with E-state index in [1.54, 1.807) is 14.2 Å². The van der Waals surface area contributed by atoms with Gasteiger partial charge in [-0.1, -0.05) is 13.0 Å². The number of aliphatic imine (C=N–C) groups is 1. The predicted octanol–water partition coefficient (Wildman–Crippen LogP) is 3.09. The van der Waals surface area contributed by atoms with Gasteiger partial charge >= 0.3 is 0 Å². The van der Waals surface area contributed by atoms with E-state index in [9.17, 15) is 0 Å². The number of nitrogens with one attached hydrogen (secondary N) is 2. The Bertz CT molecular complexity index is 435. The molecule has 4 nitrogen and oxygen atoms in total. The van der Waals surface area contributed by atoms with Crippen molar-refractivity contribution in [2.75, 3.05) is 14.2 Å². The van der Waals surface area contributed by atoms with E-state index in [1.807, 2.05) is 12.1 Å². The monoisotopic (exact) mass is 391 g/mol. The van der Waals surface area contributed by atoms with Gasteiger partial charge in [0.25, 0.3) is 0 Å². The molecule has 0 aliphatic heterocycles. The number of benzene rings is 1. The maximum atomic E-state index is 5.28. The molecule has 0 saturated carbocycles. The van der Waals surface area contributed by atoms with Gasteiger partial charge in [-0.2, -0.15) is 0 Å². The molecule has 0 bridgehead atoms. The maximum Gasteiger partial charge on any atom is 0.191 e. The molecular weight excluding hydrogens is 365 g/mol. The molecule has 0 aromatic heterocycles. The van der Waals surface area contributed by atoms with E-state index in [4.69, 9.17) is 4.74 Å². The highest BCUT2D eigenvalue weighted by Crippen LogP contribution is 2.16. The van der Waals surface area contributed by atoms with Gasteiger partial charge < -0.3 is 15.4 Å². The van der Waals surface area contributed by atoms with Gasteiger partial charge in [0.1, 0.15) is 5.75 Å². The number of hydrogen-bond acceptors (Lipinski definition) is 2. The van der Waals surface area contributed by atoms with Gasteiger partial charge in [0.05, 0.1) is 7.11 Å². The molecule has 20 heavy (non-hydrogen) atoms. The zero-order valence-corrected chi connectivity index (χ0v) is 15.3. The third kappa shape index (κ3) is 6.45. The summed E-state index contributed by atoms with van der Waals surface area (Å²) < 4.78 is 5.28. The van der Waals surface area contributed by atoms with Crippen molar-refractivity contribution in [2.45, 2.75) is 39.8 Å². The first-order chi connectivity index (χ1) is 9.08. The molecule has 0 amide bonds. The van der Waals surface area contributed by atoms with Crippen molar-refractivity contribution in [3.8, 4) is 5.75 Å². The second-order valence-electron chi connectivity index (χ2n) is 4.74. The number of ether oxygens (including phenoxy) is 1. The smallest absolute Gasteiger partial charge is 0.191 e. The molecule has 1 rings (SSSR count). The van der Waals surface area contributed by atoms with E-state index in [0.717, 1.165) is 24.7 Å². The van der Waals surface area contributed by atoms with E-state index in [1.165, 1.54) is 11.1 Å². The summed E-state index contributed by atoms with van der Waals surface area (Å²) in [5.74, 6) is 1.72. The molecule has 0 saturated heterocycles. The van der Waals surface area contributed by atoms with Crippen molar-refractivity contribution in [2.24, 2.45) is 4.99 Å². The van der Waals surface area contributed by atoms with Crippen LogP contribution in [0.4, 0.5) is 0 Å². The van der Waals surface area contributed by atoms with E-state index in [2.05, 4.69) is 42.5 Å². The highest BCUT2D eigenvalue weighted by atomic mass is 127. The normalized spacial score (nSPS) is 12.3. The van der Waals surface area contributed by atoms with Crippen molar-refractivity contribution in [1.82, 2.24) is 10.6 Å². The molecule has 0 heterocycles. The fourth-order valence-electron chi connectivity index (χ4n) is 1.76. The van der Waals surface area contributed by atoms with Gasteiger partial charge in [0.15, 0.2) is 5.96 Å². The molecule has 114 valence electrons. The summed E-state index contributed by atoms with van der Waals surface area (Å²) in [7, 11) is 3.48. The van der Waals surface area contributed by atoms with Gasteiger partial charge in [-0.3, -0.25) is 4.99 Å². The highest BCUT2D eigenvalue weighted by Gasteiger charge is 2.04. The molecular formula is C15H26IN3O. The number of methoxy groups -OCH3 is 1. The molecule has 1 aromatic rings. The molecule has 1 aromatic carbocycles. The Labute approximate surface area is 139 Å². The van der Waals surface area contributed by atoms with E-state index < -0.39 is 0 Å². The summed E-state index contributed by atoms with van der Waals surface area (Å²) in [6.07, 6.45) is 1.07. The second-order valence-corrected chi connectivity index (χ2v) is 4.74. The Morgan fingerprint density at radius 1 is 1.35 bits per heavy atom. The lowest BCUT2D eigenvalue weighted by Crippen LogP contribution is -2.41. The van der Waals surface area contributed by atoms with Crippen LogP contribution in [0.3, 0.4) is 0 Å². The number of rotatable bonds is 5. The highest BCUT2D eigenvalue weighted by molar-refractivity contribution is 14.0. The van der Waals surface area contributed by atoms with Crippen LogP contribution in [0.25, 0.3) is 0 Å². The lowest BCUT2D eigenvalue weighted by atomic mass is 10.1. The third-order valence-electron chi connectivity index (χ3n) is 3.03. The van der Waals surface area contributed by atoms with E-state index in [0.29, 0.717) is 6.04 Å². The minimum atomic E-state index is 0. The molecule has 0 aliphatic carbocycles. The summed E-state index contributed by atoms with van der Waals surface area (Å²) in [6.45, 7) is 7.09. The van der Waals surface area contributed by atoms with Crippen LogP contribution in [0.5, 0.6) is 5.75 Å². The average Bonchev–Trinajstić information content (AvgIpc) is 2.42. The Balaban J connectivity index is 0.00000361. The Morgan fingerprint density at radius 3 is 2.60 bits per heavy atom. The first-order valence-corrected chi connectivity index (χ1v) is 6.70. The molecule has 0 aliphatic rings. The van der Waals surface area contributed by atoms with Crippen molar-refractivity contribution in [3.63, 3.8) is 0 Å². The van der Waals surface area contributed by atoms with Crippen molar-refractivity contribution in [3.05, 3.63) is 29.3 Å². The molecule has 0 spiro atoms. The van der Waals surface area contributed by atoms with Crippen LogP contribution >= 0.6 is 24.0 Å². The van der Waals surface area contributed by atoms with Gasteiger partial charge in [-0.25, -0.2) is 0 Å². The van der Waals surface area contributed by atoms with E-state index in [-0.39, 0.29) is 24.0 Å². The number of aryl methyl sites for hydroxylation is 1. The Morgan fingerprint density at radius 2 is 2.05 bits per heavy atom. The van der Waals surface area contributed by atoms with E-state index >= 15 is 0 Å². The van der Waals surface area contributed by atoms with Crippen LogP contribution in [0.15, 0.2) is 23.2 Å². The average molecular weight is 391 g/mol. The predicted molar refractivity (Wildman–Crippen MR) is 96.2 cm³/mol. The summed E-state index contributed by atoms with van der Waals surface area (Å²) in [4.78, 5) is 4.22. The first-order valence-electron chi connectivity index (χ1n) is 6.70. The maximum absolute atomic E-state index is 5.28. The van der Waals surface area contributed by atoms with Crippen LogP contribution in [-0.4, -0.2) is 26.2 Å². The summed E-state index contributed by atoms with van der Waals surface area (Å²) >= 11 is 0. The molecule has 1 unspecified atom stereocenters. The van der Waals surface area contributed by atoms with Gasteiger partial charge in [-0.05, 0) is 43.5 Å². The van der Waals surface area contributed by atoms with Gasteiger partial charge in [0.2, 0.25) is 0 Å². The zero-order valence-electron chi connectivity index (χ0n) is 13.0. The minimum Gasteiger partial charge on any atom is -0.497 e. The standard InChI is InChI=1S/C15H25N3O.HI/c1-6-12(3)18-15(16-4)17-10-13-7-11(2)8-14(9-13)19-5;/h7-9,12H,6,10H2,1-5H3,(H2,16,17,18);1H. The zero-order chi connectivity index (χ0) is 14.3. The van der Waals surface area contributed by atoms with Gasteiger partial charge in [-0.15, -0.1) is 24.0 Å². The van der Waals surface area contributed by atoms with Crippen LogP contribution in [-0.2, 0) is 6.54 Å². The first kappa shape index (κ1) is 19.0. The SMILES string of the molecule is CCC(C)NC(=NC)NCc1cc(C)cc(OC)c1.I. The summed E-state index contributed by atoms with van der Waals surface area (Å²) in [5, 5.41) is 6.65. The van der Waals surface area contributed by atoms with Crippen molar-refractivity contribution >= 4 is 29.9 Å². The van der Waals surface area contributed by atoms with Crippen molar-refractivity contribution in [1.29, 1.82) is 0 Å².